The standard InChI is InChI=1S/C15H22N2O2.ClH/c1-2-7-19-15-6-4-3-5-12(15)8-16-9-13-10-17-11-14(13)18;/h2-6,13-14,16-18H,1,7-11H2;1H. The molecule has 1 fully saturated rings. The Bertz CT molecular complexity index is 415. The third-order valence-electron chi connectivity index (χ3n) is 3.36. The molecule has 0 spiro atoms. The van der Waals surface area contributed by atoms with Crippen molar-refractivity contribution in [2.24, 2.45) is 5.92 Å². The van der Waals surface area contributed by atoms with Crippen LogP contribution in [0.3, 0.4) is 0 Å². The largest absolute Gasteiger partial charge is 0.489 e. The van der Waals surface area contributed by atoms with E-state index in [1.54, 1.807) is 6.08 Å². The van der Waals surface area contributed by atoms with Gasteiger partial charge in [-0.05, 0) is 6.07 Å². The van der Waals surface area contributed by atoms with Gasteiger partial charge >= 0.3 is 0 Å². The number of ether oxygens (including phenoxy) is 1. The van der Waals surface area contributed by atoms with Gasteiger partial charge in [-0.15, -0.1) is 12.4 Å². The number of rotatable bonds is 7. The monoisotopic (exact) mass is 298 g/mol. The van der Waals surface area contributed by atoms with E-state index in [1.807, 2.05) is 18.2 Å². The third-order valence-corrected chi connectivity index (χ3v) is 3.36. The van der Waals surface area contributed by atoms with E-state index in [4.69, 9.17) is 4.74 Å². The SMILES string of the molecule is C=CCOc1ccccc1CNCC1CNCC1O.Cl. The van der Waals surface area contributed by atoms with Crippen molar-refractivity contribution in [1.82, 2.24) is 10.6 Å². The molecule has 0 bridgehead atoms. The molecule has 4 nitrogen and oxygen atoms in total. The third kappa shape index (κ3) is 4.80. The van der Waals surface area contributed by atoms with Crippen LogP contribution in [-0.4, -0.2) is 37.5 Å². The van der Waals surface area contributed by atoms with Crippen molar-refractivity contribution >= 4 is 12.4 Å². The van der Waals surface area contributed by atoms with Crippen LogP contribution < -0.4 is 15.4 Å². The molecular formula is C15H23ClN2O2. The second kappa shape index (κ2) is 8.97. The Balaban J connectivity index is 0.00000200. The average molecular weight is 299 g/mol. The minimum absolute atomic E-state index is 0. The van der Waals surface area contributed by atoms with Crippen LogP contribution in [0, 0.1) is 5.92 Å². The first-order valence-corrected chi connectivity index (χ1v) is 6.72. The van der Waals surface area contributed by atoms with Crippen LogP contribution in [0.2, 0.25) is 0 Å². The van der Waals surface area contributed by atoms with Gasteiger partial charge in [0.15, 0.2) is 0 Å². The number of hydrogen-bond acceptors (Lipinski definition) is 4. The molecule has 1 aromatic carbocycles. The summed E-state index contributed by atoms with van der Waals surface area (Å²) in [5.41, 5.74) is 1.13. The van der Waals surface area contributed by atoms with Crippen molar-refractivity contribution in [2.45, 2.75) is 12.6 Å². The Morgan fingerprint density at radius 3 is 2.90 bits per heavy atom. The van der Waals surface area contributed by atoms with Crippen molar-refractivity contribution in [3.8, 4) is 5.75 Å². The van der Waals surface area contributed by atoms with Gasteiger partial charge in [0.25, 0.3) is 0 Å². The molecule has 2 unspecified atom stereocenters. The van der Waals surface area contributed by atoms with Crippen LogP contribution in [0.25, 0.3) is 0 Å². The van der Waals surface area contributed by atoms with Gasteiger partial charge in [0.05, 0.1) is 6.10 Å². The number of nitrogens with one attached hydrogen (secondary N) is 2. The second-order valence-electron chi connectivity index (χ2n) is 4.82. The first-order valence-electron chi connectivity index (χ1n) is 6.72. The topological polar surface area (TPSA) is 53.5 Å². The highest BCUT2D eigenvalue weighted by Crippen LogP contribution is 2.18. The fraction of sp³-hybridized carbons (Fsp3) is 0.467. The molecule has 2 atom stereocenters. The van der Waals surface area contributed by atoms with E-state index < -0.39 is 0 Å². The predicted octanol–water partition coefficient (Wildman–Crippen LogP) is 1.34. The van der Waals surface area contributed by atoms with Gasteiger partial charge in [-0.25, -0.2) is 0 Å². The van der Waals surface area contributed by atoms with Crippen LogP contribution in [0.1, 0.15) is 5.56 Å². The molecule has 0 saturated carbocycles. The van der Waals surface area contributed by atoms with Crippen molar-refractivity contribution in [1.29, 1.82) is 0 Å². The van der Waals surface area contributed by atoms with Crippen molar-refractivity contribution in [3.05, 3.63) is 42.5 Å². The van der Waals surface area contributed by atoms with Gasteiger partial charge in [-0.1, -0.05) is 30.9 Å². The maximum absolute atomic E-state index is 9.72. The van der Waals surface area contributed by atoms with E-state index in [0.29, 0.717) is 19.1 Å². The number of halogens is 1. The van der Waals surface area contributed by atoms with Gasteiger partial charge in [0, 0.05) is 37.7 Å². The summed E-state index contributed by atoms with van der Waals surface area (Å²) in [6.45, 7) is 7.30. The molecule has 0 aliphatic carbocycles. The number of aliphatic hydroxyl groups excluding tert-OH is 1. The van der Waals surface area contributed by atoms with E-state index in [0.717, 1.165) is 30.9 Å². The van der Waals surface area contributed by atoms with Gasteiger partial charge in [0.2, 0.25) is 0 Å². The maximum atomic E-state index is 9.72. The quantitative estimate of drug-likeness (QED) is 0.665. The Morgan fingerprint density at radius 2 is 2.20 bits per heavy atom. The van der Waals surface area contributed by atoms with Crippen LogP contribution in [0.5, 0.6) is 5.75 Å². The molecule has 112 valence electrons. The summed E-state index contributed by atoms with van der Waals surface area (Å²) in [7, 11) is 0. The lowest BCUT2D eigenvalue weighted by Gasteiger charge is -2.15. The van der Waals surface area contributed by atoms with Gasteiger partial charge in [-0.3, -0.25) is 0 Å². The van der Waals surface area contributed by atoms with E-state index >= 15 is 0 Å². The first-order chi connectivity index (χ1) is 9.31. The summed E-state index contributed by atoms with van der Waals surface area (Å²) in [5, 5.41) is 16.3. The summed E-state index contributed by atoms with van der Waals surface area (Å²) in [6.07, 6.45) is 1.50. The molecule has 0 radical (unpaired) electrons. The lowest BCUT2D eigenvalue weighted by Crippen LogP contribution is -2.30. The molecule has 3 N–H and O–H groups in total. The first kappa shape index (κ1) is 17.0. The summed E-state index contributed by atoms with van der Waals surface area (Å²) < 4.78 is 5.61. The molecule has 0 amide bonds. The zero-order valence-electron chi connectivity index (χ0n) is 11.5. The molecule has 1 aliphatic heterocycles. The highest BCUT2D eigenvalue weighted by molar-refractivity contribution is 5.85. The highest BCUT2D eigenvalue weighted by atomic mass is 35.5. The number of aliphatic hydroxyl groups is 1. The average Bonchev–Trinajstić information content (AvgIpc) is 2.83. The Hall–Kier alpha value is -1.07. The summed E-state index contributed by atoms with van der Waals surface area (Å²) in [5.74, 6) is 1.18. The second-order valence-corrected chi connectivity index (χ2v) is 4.82. The van der Waals surface area contributed by atoms with E-state index in [-0.39, 0.29) is 18.5 Å². The molecule has 1 aliphatic rings. The van der Waals surface area contributed by atoms with E-state index in [1.165, 1.54) is 0 Å². The van der Waals surface area contributed by atoms with Crippen molar-refractivity contribution in [3.63, 3.8) is 0 Å². The van der Waals surface area contributed by atoms with Gasteiger partial charge < -0.3 is 20.5 Å². The number of β-amino-alcohol motifs (C(OH)–C–C–N with tert-alkyl or cyclic N) is 1. The maximum Gasteiger partial charge on any atom is 0.124 e. The smallest absolute Gasteiger partial charge is 0.124 e. The molecule has 1 aromatic rings. The van der Waals surface area contributed by atoms with Gasteiger partial charge in [-0.2, -0.15) is 0 Å². The van der Waals surface area contributed by atoms with Crippen molar-refractivity contribution < 1.29 is 9.84 Å². The van der Waals surface area contributed by atoms with E-state index in [9.17, 15) is 5.11 Å². The summed E-state index contributed by atoms with van der Waals surface area (Å²) in [4.78, 5) is 0. The normalized spacial score (nSPS) is 21.2. The fourth-order valence-electron chi connectivity index (χ4n) is 2.26. The minimum atomic E-state index is -0.236. The molecule has 5 heteroatoms. The van der Waals surface area contributed by atoms with Crippen LogP contribution >= 0.6 is 12.4 Å². The number of benzene rings is 1. The molecule has 0 aromatic heterocycles. The zero-order valence-corrected chi connectivity index (χ0v) is 12.4. The lowest BCUT2D eigenvalue weighted by atomic mass is 10.1. The van der Waals surface area contributed by atoms with Crippen LogP contribution in [0.4, 0.5) is 0 Å². The molecule has 2 rings (SSSR count). The molecular weight excluding hydrogens is 276 g/mol. The van der Waals surface area contributed by atoms with Crippen LogP contribution in [-0.2, 0) is 6.54 Å². The Morgan fingerprint density at radius 1 is 1.40 bits per heavy atom. The van der Waals surface area contributed by atoms with E-state index in [2.05, 4.69) is 23.3 Å². The molecule has 1 heterocycles. The zero-order chi connectivity index (χ0) is 13.5. The molecule has 20 heavy (non-hydrogen) atoms. The number of hydrogen-bond donors (Lipinski definition) is 3. The van der Waals surface area contributed by atoms with Crippen LogP contribution in [0.15, 0.2) is 36.9 Å². The Kier molecular flexibility index (Phi) is 7.62. The summed E-state index contributed by atoms with van der Waals surface area (Å²) >= 11 is 0. The fourth-order valence-corrected chi connectivity index (χ4v) is 2.26. The summed E-state index contributed by atoms with van der Waals surface area (Å²) in [6, 6.07) is 7.98. The number of para-hydroxylation sites is 1. The lowest BCUT2D eigenvalue weighted by molar-refractivity contribution is 0.146. The van der Waals surface area contributed by atoms with Crippen molar-refractivity contribution in [2.75, 3.05) is 26.2 Å². The highest BCUT2D eigenvalue weighted by Gasteiger charge is 2.24. The predicted molar refractivity (Wildman–Crippen MR) is 83.5 cm³/mol. The minimum Gasteiger partial charge on any atom is -0.489 e. The Labute approximate surface area is 126 Å². The molecule has 1 saturated heterocycles. The van der Waals surface area contributed by atoms with Gasteiger partial charge in [0.1, 0.15) is 12.4 Å².